The van der Waals surface area contributed by atoms with E-state index >= 15 is 0 Å². The Bertz CT molecular complexity index is 1220. The Morgan fingerprint density at radius 1 is 0.364 bits per heavy atom. The Kier molecular flexibility index (Phi) is 6.78. The molecule has 0 amide bonds. The Morgan fingerprint density at radius 2 is 0.727 bits per heavy atom. The zero-order chi connectivity index (χ0) is 22.5. The molecule has 0 aliphatic heterocycles. The van der Waals surface area contributed by atoms with Gasteiger partial charge < -0.3 is 0 Å². The maximum Gasteiger partial charge on any atom is -0.00383 e. The summed E-state index contributed by atoms with van der Waals surface area (Å²) in [7, 11) is -1.36. The summed E-state index contributed by atoms with van der Waals surface area (Å²) in [5.74, 6) is 0. The van der Waals surface area contributed by atoms with Crippen LogP contribution in [0.25, 0.3) is 0 Å². The van der Waals surface area contributed by atoms with Crippen LogP contribution in [0.15, 0.2) is 140 Å². The van der Waals surface area contributed by atoms with E-state index in [-0.39, 0.29) is 0 Å². The second-order valence-electron chi connectivity index (χ2n) is 7.96. The molecule has 160 valence electrons. The SMILES string of the molecule is Cc1cccc(P(c2ccccc2)c2ccccc2)c1P(c1ccccc1)c1ccccc1. The number of aryl methyl sites for hydroxylation is 1. The molecule has 33 heavy (non-hydrogen) atoms. The van der Waals surface area contributed by atoms with Gasteiger partial charge >= 0.3 is 0 Å². The molecular weight excluding hydrogens is 434 g/mol. The van der Waals surface area contributed by atoms with Crippen molar-refractivity contribution in [3.8, 4) is 0 Å². The fraction of sp³-hybridized carbons (Fsp3) is 0.0323. The van der Waals surface area contributed by atoms with Crippen molar-refractivity contribution in [1.82, 2.24) is 0 Å². The van der Waals surface area contributed by atoms with E-state index in [1.165, 1.54) is 37.4 Å². The fourth-order valence-electron chi connectivity index (χ4n) is 4.26. The number of rotatable bonds is 6. The molecule has 0 unspecified atom stereocenters. The first kappa shape index (κ1) is 21.8. The summed E-state index contributed by atoms with van der Waals surface area (Å²) < 4.78 is 0. The molecule has 0 heterocycles. The first-order valence-corrected chi connectivity index (χ1v) is 13.9. The van der Waals surface area contributed by atoms with Crippen LogP contribution in [0.4, 0.5) is 0 Å². The first-order chi connectivity index (χ1) is 16.3. The predicted molar refractivity (Wildman–Crippen MR) is 149 cm³/mol. The van der Waals surface area contributed by atoms with Gasteiger partial charge in [-0.05, 0) is 60.2 Å². The van der Waals surface area contributed by atoms with Gasteiger partial charge in [0, 0.05) is 0 Å². The van der Waals surface area contributed by atoms with E-state index in [2.05, 4.69) is 146 Å². The van der Waals surface area contributed by atoms with Crippen LogP contribution in [0.2, 0.25) is 0 Å². The topological polar surface area (TPSA) is 0 Å². The molecule has 0 atom stereocenters. The van der Waals surface area contributed by atoms with Crippen LogP contribution in [0.1, 0.15) is 5.56 Å². The van der Waals surface area contributed by atoms with Gasteiger partial charge in [0.15, 0.2) is 0 Å². The molecule has 0 fully saturated rings. The van der Waals surface area contributed by atoms with E-state index < -0.39 is 15.8 Å². The standard InChI is InChI=1S/C31H26P2/c1-25-15-14-24-30(32(26-16-6-2-7-17-26)27-18-8-3-9-19-27)31(25)33(28-20-10-4-11-21-28)29-22-12-5-13-23-29/h2-24H,1H3. The minimum absolute atomic E-state index is 0.680. The molecular formula is C31H26P2. The molecule has 5 aromatic rings. The molecule has 2 heteroatoms. The highest BCUT2D eigenvalue weighted by atomic mass is 31.1. The van der Waals surface area contributed by atoms with Gasteiger partial charge in [0.25, 0.3) is 0 Å². The maximum atomic E-state index is 2.37. The Balaban J connectivity index is 1.79. The van der Waals surface area contributed by atoms with Crippen molar-refractivity contribution >= 4 is 47.7 Å². The van der Waals surface area contributed by atoms with E-state index in [1.807, 2.05) is 0 Å². The maximum absolute atomic E-state index is 2.37. The molecule has 0 bridgehead atoms. The summed E-state index contributed by atoms with van der Waals surface area (Å²) in [6.07, 6.45) is 0. The predicted octanol–water partition coefficient (Wildman–Crippen LogP) is 5.51. The molecule has 0 aliphatic carbocycles. The lowest BCUT2D eigenvalue weighted by Gasteiger charge is -2.29. The highest BCUT2D eigenvalue weighted by Gasteiger charge is 2.26. The van der Waals surface area contributed by atoms with Gasteiger partial charge in [0.1, 0.15) is 0 Å². The highest BCUT2D eigenvalue weighted by Crippen LogP contribution is 2.39. The normalized spacial score (nSPS) is 11.1. The van der Waals surface area contributed by atoms with Gasteiger partial charge in [-0.1, -0.05) is 140 Å². The van der Waals surface area contributed by atoms with E-state index in [0.717, 1.165) is 0 Å². The third-order valence-electron chi connectivity index (χ3n) is 5.74. The van der Waals surface area contributed by atoms with Crippen LogP contribution in [0.3, 0.4) is 0 Å². The molecule has 0 nitrogen and oxygen atoms in total. The lowest BCUT2D eigenvalue weighted by atomic mass is 10.2. The molecule has 5 aromatic carbocycles. The molecule has 0 aliphatic rings. The lowest BCUT2D eigenvalue weighted by molar-refractivity contribution is 1.53. The van der Waals surface area contributed by atoms with E-state index in [0.29, 0.717) is 0 Å². The summed E-state index contributed by atoms with van der Waals surface area (Å²) in [4.78, 5) is 0. The van der Waals surface area contributed by atoms with Crippen molar-refractivity contribution in [3.05, 3.63) is 145 Å². The minimum Gasteiger partial charge on any atom is -0.0622 e. The van der Waals surface area contributed by atoms with Gasteiger partial charge in [-0.25, -0.2) is 0 Å². The molecule has 0 radical (unpaired) electrons. The van der Waals surface area contributed by atoms with Crippen LogP contribution in [0, 0.1) is 6.92 Å². The summed E-state index contributed by atoms with van der Waals surface area (Å²) in [5, 5.41) is 8.52. The summed E-state index contributed by atoms with van der Waals surface area (Å²) >= 11 is 0. The van der Waals surface area contributed by atoms with E-state index in [1.54, 1.807) is 0 Å². The van der Waals surface area contributed by atoms with E-state index in [4.69, 9.17) is 0 Å². The second kappa shape index (κ2) is 10.3. The summed E-state index contributed by atoms with van der Waals surface area (Å²) in [6.45, 7) is 2.28. The van der Waals surface area contributed by atoms with Crippen LogP contribution >= 0.6 is 15.8 Å². The molecule has 0 aromatic heterocycles. The average Bonchev–Trinajstić information content (AvgIpc) is 2.89. The number of hydrogen-bond donors (Lipinski definition) is 0. The zero-order valence-corrected chi connectivity index (χ0v) is 20.5. The lowest BCUT2D eigenvalue weighted by Crippen LogP contribution is -2.36. The van der Waals surface area contributed by atoms with E-state index in [9.17, 15) is 0 Å². The van der Waals surface area contributed by atoms with Crippen LogP contribution in [-0.4, -0.2) is 0 Å². The van der Waals surface area contributed by atoms with Gasteiger partial charge in [-0.3, -0.25) is 0 Å². The largest absolute Gasteiger partial charge is 0.0622 e. The van der Waals surface area contributed by atoms with Crippen LogP contribution < -0.4 is 31.8 Å². The molecule has 0 saturated carbocycles. The molecule has 0 spiro atoms. The van der Waals surface area contributed by atoms with Crippen molar-refractivity contribution in [3.63, 3.8) is 0 Å². The number of hydrogen-bond acceptors (Lipinski definition) is 0. The van der Waals surface area contributed by atoms with Gasteiger partial charge in [-0.2, -0.15) is 0 Å². The van der Waals surface area contributed by atoms with Crippen molar-refractivity contribution in [1.29, 1.82) is 0 Å². The van der Waals surface area contributed by atoms with Crippen molar-refractivity contribution in [2.24, 2.45) is 0 Å². The van der Waals surface area contributed by atoms with Gasteiger partial charge in [0.2, 0.25) is 0 Å². The van der Waals surface area contributed by atoms with Crippen LogP contribution in [0.5, 0.6) is 0 Å². The molecule has 0 N–H and O–H groups in total. The minimum atomic E-state index is -0.685. The van der Waals surface area contributed by atoms with Crippen LogP contribution in [-0.2, 0) is 0 Å². The second-order valence-corrected chi connectivity index (χ2v) is 12.3. The smallest absolute Gasteiger partial charge is 0.00383 e. The third kappa shape index (κ3) is 4.69. The summed E-state index contributed by atoms with van der Waals surface area (Å²) in [6, 6.07) is 51.0. The highest BCUT2D eigenvalue weighted by molar-refractivity contribution is 7.85. The third-order valence-corrected chi connectivity index (χ3v) is 11.1. The van der Waals surface area contributed by atoms with Crippen molar-refractivity contribution in [2.75, 3.05) is 0 Å². The van der Waals surface area contributed by atoms with Gasteiger partial charge in [-0.15, -0.1) is 0 Å². The molecule has 0 saturated heterocycles. The van der Waals surface area contributed by atoms with Crippen molar-refractivity contribution < 1.29 is 0 Å². The average molecular weight is 460 g/mol. The summed E-state index contributed by atoms with van der Waals surface area (Å²) in [5.41, 5.74) is 1.37. The Labute approximate surface area is 199 Å². The first-order valence-electron chi connectivity index (χ1n) is 11.2. The van der Waals surface area contributed by atoms with Crippen molar-refractivity contribution in [2.45, 2.75) is 6.92 Å². The Morgan fingerprint density at radius 3 is 1.12 bits per heavy atom. The van der Waals surface area contributed by atoms with Gasteiger partial charge in [0.05, 0.1) is 0 Å². The Hall–Kier alpha value is -3.04. The number of benzene rings is 5. The fourth-order valence-corrected chi connectivity index (χ4v) is 9.76. The monoisotopic (exact) mass is 460 g/mol. The molecule has 5 rings (SSSR count). The zero-order valence-electron chi connectivity index (χ0n) is 18.7. The quantitative estimate of drug-likeness (QED) is 0.293.